The van der Waals surface area contributed by atoms with Gasteiger partial charge in [0.1, 0.15) is 9.84 Å². The molecule has 0 rings (SSSR count). The second kappa shape index (κ2) is 6.39. The summed E-state index contributed by atoms with van der Waals surface area (Å²) in [6.07, 6.45) is 1.08. The van der Waals surface area contributed by atoms with Crippen molar-refractivity contribution in [3.05, 3.63) is 0 Å². The zero-order valence-electron chi connectivity index (χ0n) is 7.66. The number of nitrogens with zero attached hydrogens (tertiary/aromatic N) is 1. The van der Waals surface area contributed by atoms with Gasteiger partial charge in [-0.05, 0) is 12.8 Å². The van der Waals surface area contributed by atoms with Crippen LogP contribution in [0.2, 0.25) is 0 Å². The van der Waals surface area contributed by atoms with Crippen molar-refractivity contribution in [2.45, 2.75) is 19.8 Å². The molecule has 0 aliphatic carbocycles. The zero-order valence-corrected chi connectivity index (χ0v) is 10.1. The summed E-state index contributed by atoms with van der Waals surface area (Å²) < 4.78 is 22.5. The van der Waals surface area contributed by atoms with Crippen LogP contribution in [0.15, 0.2) is 0 Å². The van der Waals surface area contributed by atoms with E-state index in [4.69, 9.17) is 5.26 Å². The van der Waals surface area contributed by atoms with E-state index in [0.717, 1.165) is 0 Å². The molecule has 0 aliphatic heterocycles. The van der Waals surface area contributed by atoms with Crippen LogP contribution in [-0.2, 0) is 9.84 Å². The Labute approximate surface area is 88.2 Å². The first kappa shape index (κ1) is 12.9. The maximum absolute atomic E-state index is 11.2. The summed E-state index contributed by atoms with van der Waals surface area (Å²) in [5.74, 6) is 0.171. The van der Waals surface area contributed by atoms with E-state index in [2.05, 4.69) is 22.0 Å². The molecule has 1 atom stereocenters. The maximum Gasteiger partial charge on any atom is 0.150 e. The average Bonchev–Trinajstić information content (AvgIpc) is 2.06. The first-order valence-corrected chi connectivity index (χ1v) is 7.16. The summed E-state index contributed by atoms with van der Waals surface area (Å²) >= 11 is 3.17. The van der Waals surface area contributed by atoms with E-state index in [1.807, 2.05) is 6.92 Å². The van der Waals surface area contributed by atoms with E-state index < -0.39 is 9.84 Å². The van der Waals surface area contributed by atoms with Crippen LogP contribution in [0.4, 0.5) is 0 Å². The Morgan fingerprint density at radius 1 is 1.46 bits per heavy atom. The van der Waals surface area contributed by atoms with Crippen LogP contribution in [0.1, 0.15) is 19.8 Å². The highest BCUT2D eigenvalue weighted by Crippen LogP contribution is 2.08. The highest BCUT2D eigenvalue weighted by molar-refractivity contribution is 9.09. The van der Waals surface area contributed by atoms with Crippen LogP contribution in [0.5, 0.6) is 0 Å². The number of halogens is 1. The summed E-state index contributed by atoms with van der Waals surface area (Å²) in [6.45, 7) is 1.84. The smallest absolute Gasteiger partial charge is 0.150 e. The molecule has 13 heavy (non-hydrogen) atoms. The molecule has 0 N–H and O–H groups in total. The van der Waals surface area contributed by atoms with Gasteiger partial charge in [0.25, 0.3) is 0 Å². The fourth-order valence-corrected chi connectivity index (χ4v) is 2.85. The second-order valence-electron chi connectivity index (χ2n) is 2.92. The molecule has 5 heteroatoms. The third kappa shape index (κ3) is 6.05. The Kier molecular flexibility index (Phi) is 6.35. The van der Waals surface area contributed by atoms with Crippen molar-refractivity contribution in [2.24, 2.45) is 5.92 Å². The Hall–Kier alpha value is -0.0800. The molecule has 3 nitrogen and oxygen atoms in total. The SMILES string of the molecule is CCCS(=O)(=O)CCC(C#N)CBr. The highest BCUT2D eigenvalue weighted by Gasteiger charge is 2.13. The molecule has 0 radical (unpaired) electrons. The number of nitriles is 1. The number of rotatable bonds is 6. The van der Waals surface area contributed by atoms with E-state index in [0.29, 0.717) is 18.2 Å². The maximum atomic E-state index is 11.2. The molecule has 0 saturated heterocycles. The monoisotopic (exact) mass is 267 g/mol. The lowest BCUT2D eigenvalue weighted by molar-refractivity contribution is 0.586. The Balaban J connectivity index is 3.95. The van der Waals surface area contributed by atoms with Crippen molar-refractivity contribution in [3.8, 4) is 6.07 Å². The van der Waals surface area contributed by atoms with Crippen molar-refractivity contribution < 1.29 is 8.42 Å². The topological polar surface area (TPSA) is 57.9 Å². The van der Waals surface area contributed by atoms with Gasteiger partial charge in [-0.2, -0.15) is 5.26 Å². The van der Waals surface area contributed by atoms with E-state index in [-0.39, 0.29) is 17.4 Å². The molecule has 76 valence electrons. The van der Waals surface area contributed by atoms with Gasteiger partial charge in [0.15, 0.2) is 0 Å². The zero-order chi connectivity index (χ0) is 10.3. The van der Waals surface area contributed by atoms with Crippen LogP contribution in [-0.4, -0.2) is 25.3 Å². The molecule has 0 aromatic rings. The normalized spacial score (nSPS) is 13.6. The third-order valence-electron chi connectivity index (χ3n) is 1.66. The first-order chi connectivity index (χ1) is 6.05. The minimum Gasteiger partial charge on any atom is -0.229 e. The molecule has 0 spiro atoms. The van der Waals surface area contributed by atoms with Crippen molar-refractivity contribution in [3.63, 3.8) is 0 Å². The van der Waals surface area contributed by atoms with Crippen molar-refractivity contribution in [1.29, 1.82) is 5.26 Å². The van der Waals surface area contributed by atoms with Gasteiger partial charge in [-0.3, -0.25) is 0 Å². The quantitative estimate of drug-likeness (QED) is 0.689. The van der Waals surface area contributed by atoms with Crippen molar-refractivity contribution in [2.75, 3.05) is 16.8 Å². The number of hydrogen-bond acceptors (Lipinski definition) is 3. The molecule has 0 aromatic carbocycles. The predicted octanol–water partition coefficient (Wildman–Crippen LogP) is 1.74. The van der Waals surface area contributed by atoms with Crippen LogP contribution >= 0.6 is 15.9 Å². The fraction of sp³-hybridized carbons (Fsp3) is 0.875. The van der Waals surface area contributed by atoms with Gasteiger partial charge < -0.3 is 0 Å². The summed E-state index contributed by atoms with van der Waals surface area (Å²) in [7, 11) is -2.92. The Bertz CT molecular complexity index is 268. The molecule has 0 heterocycles. The third-order valence-corrected chi connectivity index (χ3v) is 4.33. The lowest BCUT2D eigenvalue weighted by Gasteiger charge is -2.04. The van der Waals surface area contributed by atoms with Gasteiger partial charge in [0, 0.05) is 11.1 Å². The molecule has 0 aliphatic rings. The van der Waals surface area contributed by atoms with E-state index in [9.17, 15) is 8.42 Å². The molecule has 0 saturated carbocycles. The number of alkyl halides is 1. The minimum atomic E-state index is -2.92. The molecule has 0 fully saturated rings. The molecule has 0 aromatic heterocycles. The predicted molar refractivity (Wildman–Crippen MR) is 56.5 cm³/mol. The van der Waals surface area contributed by atoms with Gasteiger partial charge >= 0.3 is 0 Å². The van der Waals surface area contributed by atoms with Crippen LogP contribution < -0.4 is 0 Å². The van der Waals surface area contributed by atoms with E-state index in [1.165, 1.54) is 0 Å². The second-order valence-corrected chi connectivity index (χ2v) is 5.87. The van der Waals surface area contributed by atoms with E-state index in [1.54, 1.807) is 0 Å². The molecule has 1 unspecified atom stereocenters. The van der Waals surface area contributed by atoms with Gasteiger partial charge in [-0.1, -0.05) is 22.9 Å². The largest absolute Gasteiger partial charge is 0.229 e. The Morgan fingerprint density at radius 2 is 2.08 bits per heavy atom. The van der Waals surface area contributed by atoms with Gasteiger partial charge in [-0.15, -0.1) is 0 Å². The standard InChI is InChI=1S/C8H14BrNO2S/c1-2-4-13(11,12)5-3-8(6-9)7-10/h8H,2-6H2,1H3. The molecule has 0 bridgehead atoms. The van der Waals surface area contributed by atoms with Crippen molar-refractivity contribution in [1.82, 2.24) is 0 Å². The average molecular weight is 268 g/mol. The van der Waals surface area contributed by atoms with Crippen LogP contribution in [0.3, 0.4) is 0 Å². The van der Waals surface area contributed by atoms with Gasteiger partial charge in [0.05, 0.1) is 17.7 Å². The molecular weight excluding hydrogens is 254 g/mol. The van der Waals surface area contributed by atoms with Crippen LogP contribution in [0, 0.1) is 17.2 Å². The fourth-order valence-electron chi connectivity index (χ4n) is 0.911. The van der Waals surface area contributed by atoms with Crippen molar-refractivity contribution >= 4 is 25.8 Å². The highest BCUT2D eigenvalue weighted by atomic mass is 79.9. The number of sulfone groups is 1. The lowest BCUT2D eigenvalue weighted by Crippen LogP contribution is -2.14. The summed E-state index contributed by atoms with van der Waals surface area (Å²) in [6, 6.07) is 2.06. The van der Waals surface area contributed by atoms with Crippen LogP contribution in [0.25, 0.3) is 0 Å². The summed E-state index contributed by atoms with van der Waals surface area (Å²) in [5, 5.41) is 9.12. The minimum absolute atomic E-state index is 0.130. The van der Waals surface area contributed by atoms with E-state index >= 15 is 0 Å². The number of hydrogen-bond donors (Lipinski definition) is 0. The first-order valence-electron chi connectivity index (χ1n) is 4.21. The van der Waals surface area contributed by atoms with Gasteiger partial charge in [-0.25, -0.2) is 8.42 Å². The molecule has 0 amide bonds. The van der Waals surface area contributed by atoms with Gasteiger partial charge in [0.2, 0.25) is 0 Å². The lowest BCUT2D eigenvalue weighted by atomic mass is 10.1. The Morgan fingerprint density at radius 3 is 2.46 bits per heavy atom. The molecular formula is C8H14BrNO2S. The summed E-state index contributed by atoms with van der Waals surface area (Å²) in [4.78, 5) is 0. The summed E-state index contributed by atoms with van der Waals surface area (Å²) in [5.41, 5.74) is 0.